The third-order valence-corrected chi connectivity index (χ3v) is 26.6. The van der Waals surface area contributed by atoms with Crippen LogP contribution in [0.5, 0.6) is 0 Å². The van der Waals surface area contributed by atoms with Crippen molar-refractivity contribution in [3.8, 4) is 66.8 Å². The van der Waals surface area contributed by atoms with Gasteiger partial charge in [0, 0.05) is 72.3 Å². The van der Waals surface area contributed by atoms with Crippen LogP contribution in [0.15, 0.2) is 355 Å². The summed E-state index contributed by atoms with van der Waals surface area (Å²) >= 11 is 0. The van der Waals surface area contributed by atoms with Crippen molar-refractivity contribution in [1.82, 2.24) is 0 Å². The van der Waals surface area contributed by atoms with E-state index in [1.807, 2.05) is 6.07 Å². The molecule has 2 aromatic heterocycles. The zero-order valence-electron chi connectivity index (χ0n) is 76.2. The highest BCUT2D eigenvalue weighted by Crippen LogP contribution is 2.53. The fraction of sp³-hybridized carbons (Fsp3) is 0.213. The average Bonchev–Trinajstić information content (AvgIpc) is 1.74. The number of benzene rings is 16. The molecule has 0 saturated heterocycles. The van der Waals surface area contributed by atoms with E-state index >= 15 is 0 Å². The molecule has 4 nitrogen and oxygen atoms in total. The number of para-hydroxylation sites is 6. The zero-order chi connectivity index (χ0) is 87.5. The molecule has 0 saturated carbocycles. The lowest BCUT2D eigenvalue weighted by atomic mass is 9.72. The van der Waals surface area contributed by atoms with Crippen molar-refractivity contribution in [1.29, 1.82) is 0 Å². The summed E-state index contributed by atoms with van der Waals surface area (Å²) in [4.78, 5) is 4.96. The summed E-state index contributed by atoms with van der Waals surface area (Å²) in [6, 6.07) is 128. The molecule has 2 heterocycles. The largest absolute Gasteiger partial charge is 0.455 e. The second-order valence-corrected chi connectivity index (χ2v) is 41.0. The number of rotatable bonds is 16. The average molecular weight is 1640 g/mol. The highest BCUT2D eigenvalue weighted by Gasteiger charge is 2.34. The standard InChI is InChI=1S/C122H114N2O2/c1-117(2,3)86-61-55-78(56-62-86)95-38-18-22-50-107(95)124(94-67-59-79(60-68-94)98-44-31-48-105-102-41-21-25-53-110(102)125-115(98)105)109-52-24-20-40-101(109)104-47-29-36-82-34-27-43-97(113(82)104)85-73-90(121(13,14)15)76-91(74-85)122(16,17)77-83-37-30-54-111-114(83)106-49-32-45-99(116(106)126-111)80-57-65-92(66-58-80)123(93-69-63-87(64-70-93)118(4,5)6)108-51-23-19-39-100(108)103-46-28-35-81-33-26-42-96(112(81)103)84-71-88(119(7,8)9)75-89(72-84)120(10,11)12/h18-42,44-76,97H,43,77H2,1-17H3. The van der Waals surface area contributed by atoms with Crippen molar-refractivity contribution in [3.05, 3.63) is 401 Å². The van der Waals surface area contributed by atoms with E-state index in [0.29, 0.717) is 0 Å². The van der Waals surface area contributed by atoms with Gasteiger partial charge in [-0.05, 0) is 217 Å². The monoisotopic (exact) mass is 1640 g/mol. The van der Waals surface area contributed by atoms with E-state index in [0.717, 1.165) is 124 Å². The molecule has 1 aliphatic rings. The van der Waals surface area contributed by atoms with Crippen LogP contribution in [0.4, 0.5) is 34.1 Å². The maximum Gasteiger partial charge on any atom is 0.143 e. The quantitative estimate of drug-likeness (QED) is 0.0965. The first kappa shape index (κ1) is 82.3. The molecule has 0 aliphatic heterocycles. The minimum atomic E-state index is -0.322. The molecule has 1 unspecified atom stereocenters. The fourth-order valence-corrected chi connectivity index (χ4v) is 19.5. The van der Waals surface area contributed by atoms with Crippen molar-refractivity contribution in [2.24, 2.45) is 0 Å². The second kappa shape index (κ2) is 31.7. The van der Waals surface area contributed by atoms with Gasteiger partial charge in [-0.2, -0.15) is 0 Å². The van der Waals surface area contributed by atoms with Gasteiger partial charge in [0.15, 0.2) is 0 Å². The molecule has 0 spiro atoms. The van der Waals surface area contributed by atoms with E-state index < -0.39 is 0 Å². The second-order valence-electron chi connectivity index (χ2n) is 41.0. The van der Waals surface area contributed by atoms with Crippen LogP contribution in [-0.2, 0) is 38.9 Å². The Morgan fingerprint density at radius 2 is 0.690 bits per heavy atom. The highest BCUT2D eigenvalue weighted by molar-refractivity contribution is 6.13. The van der Waals surface area contributed by atoms with Gasteiger partial charge in [0.05, 0.1) is 17.1 Å². The molecule has 624 valence electrons. The first-order chi connectivity index (χ1) is 60.4. The Hall–Kier alpha value is -13.3. The number of anilines is 6. The number of hydrogen-bond acceptors (Lipinski definition) is 4. The van der Waals surface area contributed by atoms with Crippen LogP contribution in [0, 0.1) is 0 Å². The van der Waals surface area contributed by atoms with Crippen LogP contribution >= 0.6 is 0 Å². The molecule has 126 heavy (non-hydrogen) atoms. The van der Waals surface area contributed by atoms with Crippen molar-refractivity contribution >= 4 is 94.8 Å². The predicted octanol–water partition coefficient (Wildman–Crippen LogP) is 35.1. The molecule has 0 amide bonds. The topological polar surface area (TPSA) is 32.8 Å². The molecule has 1 aliphatic carbocycles. The molecule has 1 atom stereocenters. The van der Waals surface area contributed by atoms with Crippen molar-refractivity contribution in [2.75, 3.05) is 9.80 Å². The van der Waals surface area contributed by atoms with Crippen molar-refractivity contribution in [3.63, 3.8) is 0 Å². The van der Waals surface area contributed by atoms with Crippen molar-refractivity contribution < 1.29 is 8.83 Å². The van der Waals surface area contributed by atoms with Gasteiger partial charge in [0.1, 0.15) is 22.3 Å². The predicted molar refractivity (Wildman–Crippen MR) is 539 cm³/mol. The van der Waals surface area contributed by atoms with Crippen LogP contribution in [0.2, 0.25) is 0 Å². The first-order valence-electron chi connectivity index (χ1n) is 45.2. The summed E-state index contributed by atoms with van der Waals surface area (Å²) in [6.45, 7) is 39.7. The van der Waals surface area contributed by atoms with E-state index in [-0.39, 0.29) is 38.4 Å². The third-order valence-electron chi connectivity index (χ3n) is 26.6. The first-order valence-corrected chi connectivity index (χ1v) is 45.2. The van der Waals surface area contributed by atoms with Gasteiger partial charge in [-0.25, -0.2) is 0 Å². The maximum absolute atomic E-state index is 7.22. The van der Waals surface area contributed by atoms with Crippen LogP contribution in [0.3, 0.4) is 0 Å². The summed E-state index contributed by atoms with van der Waals surface area (Å²) in [5.41, 5.74) is 36.5. The van der Waals surface area contributed by atoms with Crippen molar-refractivity contribution in [2.45, 2.75) is 169 Å². The Morgan fingerprint density at radius 1 is 0.286 bits per heavy atom. The maximum atomic E-state index is 7.22. The lowest BCUT2D eigenvalue weighted by Gasteiger charge is -2.33. The normalized spacial score (nSPS) is 13.5. The summed E-state index contributed by atoms with van der Waals surface area (Å²) in [5.74, 6) is 0.0508. The molecule has 0 N–H and O–H groups in total. The van der Waals surface area contributed by atoms with Gasteiger partial charge in [-0.15, -0.1) is 0 Å². The van der Waals surface area contributed by atoms with Crippen LogP contribution in [0.1, 0.15) is 186 Å². The number of allylic oxidation sites excluding steroid dienone is 1. The molecule has 4 heteroatoms. The van der Waals surface area contributed by atoms with Crippen LogP contribution < -0.4 is 9.80 Å². The minimum Gasteiger partial charge on any atom is -0.455 e. The Bertz CT molecular complexity index is 7190. The van der Waals surface area contributed by atoms with Gasteiger partial charge in [-0.3, -0.25) is 0 Å². The Morgan fingerprint density at radius 3 is 1.30 bits per heavy atom. The number of hydrogen-bond donors (Lipinski definition) is 0. The summed E-state index contributed by atoms with van der Waals surface area (Å²) in [5, 5.41) is 6.98. The van der Waals surface area contributed by atoms with Gasteiger partial charge >= 0.3 is 0 Å². The number of fused-ring (bicyclic) bond motifs is 8. The van der Waals surface area contributed by atoms with Crippen LogP contribution in [0.25, 0.3) is 127 Å². The van der Waals surface area contributed by atoms with Gasteiger partial charge in [-0.1, -0.05) is 403 Å². The Kier molecular flexibility index (Phi) is 20.7. The Balaban J connectivity index is 0.676. The number of furan rings is 2. The van der Waals surface area contributed by atoms with Gasteiger partial charge < -0.3 is 18.6 Å². The van der Waals surface area contributed by atoms with E-state index in [1.54, 1.807) is 0 Å². The lowest BCUT2D eigenvalue weighted by molar-refractivity contribution is 0.517. The SMILES string of the molecule is CC(C)(C)c1ccc(-c2ccccc2N(c2ccc(-c3cccc4c3oc3ccccc34)cc2)c2ccccc2-c2cccc3c2C(c2cc(C(C)(C)C)cc(C(C)(C)Cc4cccc5oc6c(-c7ccc(N(c8ccc(C(C)(C)C)cc8)c8ccccc8-c8cccc9cccc(-c%10cc(C(C)(C)C)cc(C(C)(C)C)c%10)c89)cc7)cccc6c45)c2)CC=C3)cc1. The fourth-order valence-electron chi connectivity index (χ4n) is 19.5. The molecule has 0 fully saturated rings. The number of nitrogens with zero attached hydrogens (tertiary/aromatic N) is 2. The lowest BCUT2D eigenvalue weighted by Crippen LogP contribution is -2.23. The third kappa shape index (κ3) is 15.5. The zero-order valence-corrected chi connectivity index (χ0v) is 76.2. The molecule has 0 bridgehead atoms. The molecule has 0 radical (unpaired) electrons. The molecule has 19 rings (SSSR count). The van der Waals surface area contributed by atoms with Gasteiger partial charge in [0.25, 0.3) is 0 Å². The van der Waals surface area contributed by atoms with Crippen LogP contribution in [-0.4, -0.2) is 0 Å². The van der Waals surface area contributed by atoms with E-state index in [2.05, 4.69) is 473 Å². The highest BCUT2D eigenvalue weighted by atomic mass is 16.3. The van der Waals surface area contributed by atoms with E-state index in [1.165, 1.54) is 99.6 Å². The van der Waals surface area contributed by atoms with E-state index in [9.17, 15) is 0 Å². The van der Waals surface area contributed by atoms with E-state index in [4.69, 9.17) is 8.83 Å². The summed E-state index contributed by atoms with van der Waals surface area (Å²) in [7, 11) is 0. The minimum absolute atomic E-state index is 0.0105. The van der Waals surface area contributed by atoms with Gasteiger partial charge in [0.2, 0.25) is 0 Å². The summed E-state index contributed by atoms with van der Waals surface area (Å²) < 4.78 is 13.9. The molecule has 18 aromatic rings. The summed E-state index contributed by atoms with van der Waals surface area (Å²) in [6.07, 6.45) is 6.42. The molecule has 16 aromatic carbocycles. The smallest absolute Gasteiger partial charge is 0.143 e. The molecular weight excluding hydrogens is 1530 g/mol. The Labute approximate surface area is 745 Å². The molecular formula is C122H114N2O2.